The van der Waals surface area contributed by atoms with E-state index in [0.29, 0.717) is 18.8 Å². The maximum absolute atomic E-state index is 12.3. The number of ether oxygens (including phenoxy) is 4. The van der Waals surface area contributed by atoms with E-state index in [1.165, 1.54) is 27.4 Å². The van der Waals surface area contributed by atoms with Crippen LogP contribution in [-0.2, 0) is 9.53 Å². The normalized spacial score (nSPS) is 9.96. The first kappa shape index (κ1) is 20.3. The van der Waals surface area contributed by atoms with Crippen molar-refractivity contribution in [2.45, 2.75) is 13.8 Å². The minimum absolute atomic E-state index is 0.149. The Balaban J connectivity index is 2.91. The zero-order valence-corrected chi connectivity index (χ0v) is 15.4. The second-order valence-electron chi connectivity index (χ2n) is 5.32. The summed E-state index contributed by atoms with van der Waals surface area (Å²) in [7, 11) is 4.33. The molecule has 0 aliphatic rings. The number of methoxy groups -OCH3 is 3. The molecule has 0 bridgehead atoms. The number of carbonyl (C=O) groups is 2. The summed E-state index contributed by atoms with van der Waals surface area (Å²) >= 11 is 0. The van der Waals surface area contributed by atoms with Crippen LogP contribution in [0, 0.1) is 0 Å². The standard InChI is InChI=1S/C18H25NO6/c1-7-19(10-12(2)3)15(20)11-25-18(21)13-8-9-14(22-4)17(24-6)16(13)23-5/h8-9H,2,7,10-11H2,1,3-6H3. The Morgan fingerprint density at radius 3 is 2.20 bits per heavy atom. The molecule has 1 amide bonds. The van der Waals surface area contributed by atoms with Gasteiger partial charge in [0.25, 0.3) is 5.91 Å². The van der Waals surface area contributed by atoms with Crippen molar-refractivity contribution < 1.29 is 28.5 Å². The van der Waals surface area contributed by atoms with Gasteiger partial charge in [-0.25, -0.2) is 4.79 Å². The Morgan fingerprint density at radius 1 is 1.08 bits per heavy atom. The predicted octanol–water partition coefficient (Wildman–Crippen LogP) is 2.29. The van der Waals surface area contributed by atoms with Crippen molar-refractivity contribution in [1.82, 2.24) is 4.90 Å². The zero-order chi connectivity index (χ0) is 19.0. The molecule has 1 aromatic rings. The predicted molar refractivity (Wildman–Crippen MR) is 93.4 cm³/mol. The lowest BCUT2D eigenvalue weighted by Crippen LogP contribution is -2.35. The van der Waals surface area contributed by atoms with Gasteiger partial charge in [-0.2, -0.15) is 0 Å². The maximum Gasteiger partial charge on any atom is 0.342 e. The number of hydrogen-bond donors (Lipinski definition) is 0. The van der Waals surface area contributed by atoms with E-state index in [-0.39, 0.29) is 29.6 Å². The van der Waals surface area contributed by atoms with E-state index in [2.05, 4.69) is 6.58 Å². The lowest BCUT2D eigenvalue weighted by Gasteiger charge is -2.21. The quantitative estimate of drug-likeness (QED) is 0.502. The fraction of sp³-hybridized carbons (Fsp3) is 0.444. The molecule has 0 atom stereocenters. The van der Waals surface area contributed by atoms with Crippen LogP contribution < -0.4 is 14.2 Å². The molecule has 25 heavy (non-hydrogen) atoms. The van der Waals surface area contributed by atoms with Crippen molar-refractivity contribution in [3.8, 4) is 17.2 Å². The van der Waals surface area contributed by atoms with E-state index < -0.39 is 5.97 Å². The third-order valence-corrected chi connectivity index (χ3v) is 3.45. The molecule has 0 saturated carbocycles. The first-order chi connectivity index (χ1) is 11.9. The molecule has 0 spiro atoms. The fourth-order valence-corrected chi connectivity index (χ4v) is 2.26. The smallest absolute Gasteiger partial charge is 0.342 e. The lowest BCUT2D eigenvalue weighted by atomic mass is 10.1. The number of amides is 1. The van der Waals surface area contributed by atoms with Gasteiger partial charge < -0.3 is 23.8 Å². The van der Waals surface area contributed by atoms with E-state index in [4.69, 9.17) is 18.9 Å². The van der Waals surface area contributed by atoms with E-state index in [9.17, 15) is 9.59 Å². The van der Waals surface area contributed by atoms with Crippen molar-refractivity contribution in [3.63, 3.8) is 0 Å². The molecule has 0 radical (unpaired) electrons. The fourth-order valence-electron chi connectivity index (χ4n) is 2.26. The van der Waals surface area contributed by atoms with Gasteiger partial charge in [0, 0.05) is 13.1 Å². The monoisotopic (exact) mass is 351 g/mol. The number of hydrogen-bond acceptors (Lipinski definition) is 6. The van der Waals surface area contributed by atoms with E-state index >= 15 is 0 Å². The topological polar surface area (TPSA) is 74.3 Å². The van der Waals surface area contributed by atoms with Crippen LogP contribution in [0.2, 0.25) is 0 Å². The van der Waals surface area contributed by atoms with Crippen molar-refractivity contribution in [1.29, 1.82) is 0 Å². The average molecular weight is 351 g/mol. The summed E-state index contributed by atoms with van der Waals surface area (Å²) in [5.41, 5.74) is 0.999. The molecule has 1 rings (SSSR count). The number of carbonyl (C=O) groups excluding carboxylic acids is 2. The van der Waals surface area contributed by atoms with Gasteiger partial charge in [0.1, 0.15) is 5.56 Å². The van der Waals surface area contributed by atoms with Crippen LogP contribution in [0.5, 0.6) is 17.2 Å². The third kappa shape index (κ3) is 5.14. The molecule has 138 valence electrons. The van der Waals surface area contributed by atoms with Crippen LogP contribution in [0.25, 0.3) is 0 Å². The second kappa shape index (κ2) is 9.56. The number of esters is 1. The summed E-state index contributed by atoms with van der Waals surface area (Å²) < 4.78 is 20.8. The van der Waals surface area contributed by atoms with Crippen molar-refractivity contribution in [2.24, 2.45) is 0 Å². The second-order valence-corrected chi connectivity index (χ2v) is 5.32. The van der Waals surface area contributed by atoms with Crippen molar-refractivity contribution in [2.75, 3.05) is 41.0 Å². The van der Waals surface area contributed by atoms with Gasteiger partial charge in [-0.15, -0.1) is 0 Å². The SMILES string of the molecule is C=C(C)CN(CC)C(=O)COC(=O)c1ccc(OC)c(OC)c1OC. The average Bonchev–Trinajstić information content (AvgIpc) is 2.61. The van der Waals surface area contributed by atoms with Gasteiger partial charge in [-0.05, 0) is 26.0 Å². The number of likely N-dealkylation sites (N-methyl/N-ethyl adjacent to an activating group) is 1. The Bertz CT molecular complexity index is 641. The summed E-state index contributed by atoms with van der Waals surface area (Å²) in [5, 5.41) is 0. The van der Waals surface area contributed by atoms with Crippen LogP contribution in [0.15, 0.2) is 24.3 Å². The van der Waals surface area contributed by atoms with Crippen LogP contribution in [-0.4, -0.2) is 57.8 Å². The van der Waals surface area contributed by atoms with Gasteiger partial charge in [0.2, 0.25) is 5.75 Å². The molecule has 0 heterocycles. The number of rotatable bonds is 9. The van der Waals surface area contributed by atoms with E-state index in [0.717, 1.165) is 5.57 Å². The molecule has 1 aromatic carbocycles. The first-order valence-corrected chi connectivity index (χ1v) is 7.77. The highest BCUT2D eigenvalue weighted by Gasteiger charge is 2.23. The highest BCUT2D eigenvalue weighted by atomic mass is 16.5. The van der Waals surface area contributed by atoms with Gasteiger partial charge in [0.15, 0.2) is 18.1 Å². The van der Waals surface area contributed by atoms with Gasteiger partial charge in [0.05, 0.1) is 21.3 Å². The van der Waals surface area contributed by atoms with Crippen molar-refractivity contribution >= 4 is 11.9 Å². The minimum Gasteiger partial charge on any atom is -0.493 e. The molecule has 7 heteroatoms. The van der Waals surface area contributed by atoms with Crippen LogP contribution in [0.1, 0.15) is 24.2 Å². The highest BCUT2D eigenvalue weighted by Crippen LogP contribution is 2.39. The Morgan fingerprint density at radius 2 is 1.72 bits per heavy atom. The summed E-state index contributed by atoms with van der Waals surface area (Å²) in [6.07, 6.45) is 0. The summed E-state index contributed by atoms with van der Waals surface area (Å²) in [4.78, 5) is 26.1. The summed E-state index contributed by atoms with van der Waals surface area (Å²) in [5.74, 6) is -0.0850. The molecule has 0 N–H and O–H groups in total. The molecule has 0 aliphatic carbocycles. The lowest BCUT2D eigenvalue weighted by molar-refractivity contribution is -0.133. The van der Waals surface area contributed by atoms with Crippen LogP contribution in [0.3, 0.4) is 0 Å². The molecular weight excluding hydrogens is 326 g/mol. The summed E-state index contributed by atoms with van der Waals surface area (Å²) in [6, 6.07) is 3.07. The highest BCUT2D eigenvalue weighted by molar-refractivity contribution is 5.95. The molecule has 7 nitrogen and oxygen atoms in total. The third-order valence-electron chi connectivity index (χ3n) is 3.45. The van der Waals surface area contributed by atoms with Gasteiger partial charge in [-0.1, -0.05) is 12.2 Å². The van der Waals surface area contributed by atoms with Gasteiger partial charge in [-0.3, -0.25) is 4.79 Å². The zero-order valence-electron chi connectivity index (χ0n) is 15.4. The largest absolute Gasteiger partial charge is 0.493 e. The molecule has 0 saturated heterocycles. The maximum atomic E-state index is 12.3. The molecule has 0 aromatic heterocycles. The van der Waals surface area contributed by atoms with E-state index in [1.54, 1.807) is 11.0 Å². The van der Waals surface area contributed by atoms with E-state index in [1.807, 2.05) is 13.8 Å². The molecule has 0 fully saturated rings. The van der Waals surface area contributed by atoms with Crippen LogP contribution >= 0.6 is 0 Å². The first-order valence-electron chi connectivity index (χ1n) is 7.77. The minimum atomic E-state index is -0.683. The molecule has 0 aliphatic heterocycles. The molecule has 0 unspecified atom stereocenters. The number of nitrogens with zero attached hydrogens (tertiary/aromatic N) is 1. The summed E-state index contributed by atoms with van der Waals surface area (Å²) in [6.45, 7) is 8.02. The number of benzene rings is 1. The molecular formula is C18H25NO6. The van der Waals surface area contributed by atoms with Gasteiger partial charge >= 0.3 is 5.97 Å². The Labute approximate surface area is 148 Å². The Kier molecular flexibility index (Phi) is 7.78. The van der Waals surface area contributed by atoms with Crippen molar-refractivity contribution in [3.05, 3.63) is 29.8 Å². The van der Waals surface area contributed by atoms with Crippen LogP contribution in [0.4, 0.5) is 0 Å². The Hall–Kier alpha value is -2.70.